The highest BCUT2D eigenvalue weighted by atomic mass is 15.2. The third-order valence-corrected chi connectivity index (χ3v) is 3.66. The van der Waals surface area contributed by atoms with Crippen LogP contribution in [0.15, 0.2) is 48.8 Å². The first-order valence-electron chi connectivity index (χ1n) is 7.06. The number of fused-ring (bicyclic) bond motifs is 1. The van der Waals surface area contributed by atoms with Crippen molar-refractivity contribution in [2.75, 3.05) is 24.3 Å². The Bertz CT molecular complexity index is 758. The number of hydrogen-bond donors (Lipinski definition) is 1. The van der Waals surface area contributed by atoms with Crippen LogP contribution in [0.1, 0.15) is 5.56 Å². The number of anilines is 2. The smallest absolute Gasteiger partial charge is 0.151 e. The molecule has 0 atom stereocenters. The van der Waals surface area contributed by atoms with E-state index in [1.807, 2.05) is 31.3 Å². The second-order valence-corrected chi connectivity index (χ2v) is 5.40. The first kappa shape index (κ1) is 13.5. The van der Waals surface area contributed by atoms with Crippen LogP contribution in [0.5, 0.6) is 0 Å². The van der Waals surface area contributed by atoms with Crippen LogP contribution in [-0.4, -0.2) is 23.6 Å². The lowest BCUT2D eigenvalue weighted by Gasteiger charge is -2.16. The SMILES string of the molecule is CN(C)c1ncccc1NCc1cn(C)c2ccccc12. The zero-order valence-electron chi connectivity index (χ0n) is 12.7. The van der Waals surface area contributed by atoms with Gasteiger partial charge in [-0.1, -0.05) is 18.2 Å². The number of rotatable bonds is 4. The number of aryl methyl sites for hydroxylation is 1. The minimum atomic E-state index is 0.786. The zero-order valence-corrected chi connectivity index (χ0v) is 12.7. The number of nitrogens with one attached hydrogen (secondary N) is 1. The third kappa shape index (κ3) is 2.57. The van der Waals surface area contributed by atoms with E-state index in [0.717, 1.165) is 18.1 Å². The van der Waals surface area contributed by atoms with Crippen molar-refractivity contribution >= 4 is 22.4 Å². The summed E-state index contributed by atoms with van der Waals surface area (Å²) in [5, 5.41) is 4.79. The molecule has 108 valence electrons. The van der Waals surface area contributed by atoms with Crippen molar-refractivity contribution in [3.8, 4) is 0 Å². The van der Waals surface area contributed by atoms with Crippen LogP contribution in [0.2, 0.25) is 0 Å². The standard InChI is InChI=1S/C17H20N4/c1-20(2)17-15(8-6-10-18-17)19-11-13-12-21(3)16-9-5-4-7-14(13)16/h4-10,12,19H,11H2,1-3H3. The van der Waals surface area contributed by atoms with Crippen LogP contribution in [-0.2, 0) is 13.6 Å². The Morgan fingerprint density at radius 1 is 1.14 bits per heavy atom. The maximum atomic E-state index is 4.42. The summed E-state index contributed by atoms with van der Waals surface area (Å²) in [5.41, 5.74) is 3.60. The van der Waals surface area contributed by atoms with Crippen molar-refractivity contribution < 1.29 is 0 Å². The van der Waals surface area contributed by atoms with E-state index in [1.54, 1.807) is 0 Å². The number of nitrogens with zero attached hydrogens (tertiary/aromatic N) is 3. The molecule has 3 rings (SSSR count). The normalized spacial score (nSPS) is 10.8. The lowest BCUT2D eigenvalue weighted by atomic mass is 10.2. The van der Waals surface area contributed by atoms with Gasteiger partial charge >= 0.3 is 0 Å². The Balaban J connectivity index is 1.88. The maximum Gasteiger partial charge on any atom is 0.151 e. The van der Waals surface area contributed by atoms with Gasteiger partial charge in [0.15, 0.2) is 5.82 Å². The van der Waals surface area contributed by atoms with Crippen LogP contribution >= 0.6 is 0 Å². The molecule has 0 saturated carbocycles. The van der Waals surface area contributed by atoms with E-state index < -0.39 is 0 Å². The third-order valence-electron chi connectivity index (χ3n) is 3.66. The molecule has 2 aromatic heterocycles. The molecule has 4 nitrogen and oxygen atoms in total. The molecule has 0 aliphatic rings. The summed E-state index contributed by atoms with van der Waals surface area (Å²) in [5.74, 6) is 0.956. The van der Waals surface area contributed by atoms with E-state index in [0.29, 0.717) is 0 Å². The molecule has 3 aromatic rings. The second-order valence-electron chi connectivity index (χ2n) is 5.40. The summed E-state index contributed by atoms with van der Waals surface area (Å²) in [4.78, 5) is 6.44. The first-order chi connectivity index (χ1) is 10.2. The highest BCUT2D eigenvalue weighted by Crippen LogP contribution is 2.24. The number of benzene rings is 1. The molecule has 0 spiro atoms. The van der Waals surface area contributed by atoms with Gasteiger partial charge in [-0.2, -0.15) is 0 Å². The number of pyridine rings is 1. The second kappa shape index (κ2) is 5.48. The van der Waals surface area contributed by atoms with Crippen molar-refractivity contribution in [2.45, 2.75) is 6.54 Å². The van der Waals surface area contributed by atoms with Gasteiger partial charge in [-0.05, 0) is 23.8 Å². The van der Waals surface area contributed by atoms with E-state index in [-0.39, 0.29) is 0 Å². The highest BCUT2D eigenvalue weighted by Gasteiger charge is 2.08. The largest absolute Gasteiger partial charge is 0.378 e. The van der Waals surface area contributed by atoms with Crippen molar-refractivity contribution in [3.63, 3.8) is 0 Å². The molecule has 0 aliphatic carbocycles. The number of para-hydroxylation sites is 1. The molecular weight excluding hydrogens is 260 g/mol. The first-order valence-corrected chi connectivity index (χ1v) is 7.06. The predicted molar refractivity (Wildman–Crippen MR) is 88.8 cm³/mol. The summed E-state index contributed by atoms with van der Waals surface area (Å²) < 4.78 is 2.17. The summed E-state index contributed by atoms with van der Waals surface area (Å²) in [6.45, 7) is 0.786. The lowest BCUT2D eigenvalue weighted by Crippen LogP contribution is -2.13. The molecule has 21 heavy (non-hydrogen) atoms. The molecule has 4 heteroatoms. The van der Waals surface area contributed by atoms with Crippen molar-refractivity contribution in [3.05, 3.63) is 54.4 Å². The van der Waals surface area contributed by atoms with E-state index >= 15 is 0 Å². The van der Waals surface area contributed by atoms with E-state index in [4.69, 9.17) is 0 Å². The van der Waals surface area contributed by atoms with Gasteiger partial charge < -0.3 is 14.8 Å². The van der Waals surface area contributed by atoms with Crippen LogP contribution in [0.3, 0.4) is 0 Å². The molecule has 0 aliphatic heterocycles. The average molecular weight is 280 g/mol. The quantitative estimate of drug-likeness (QED) is 0.796. The molecule has 1 N–H and O–H groups in total. The number of aromatic nitrogens is 2. The average Bonchev–Trinajstić information content (AvgIpc) is 2.82. The van der Waals surface area contributed by atoms with Gasteiger partial charge in [0.05, 0.1) is 5.69 Å². The fraction of sp³-hybridized carbons (Fsp3) is 0.235. The van der Waals surface area contributed by atoms with Crippen LogP contribution in [0, 0.1) is 0 Å². The predicted octanol–water partition coefficient (Wildman–Crippen LogP) is 3.25. The minimum absolute atomic E-state index is 0.786. The van der Waals surface area contributed by atoms with Crippen LogP contribution < -0.4 is 10.2 Å². The van der Waals surface area contributed by atoms with Crippen LogP contribution in [0.4, 0.5) is 11.5 Å². The van der Waals surface area contributed by atoms with Crippen LogP contribution in [0.25, 0.3) is 10.9 Å². The minimum Gasteiger partial charge on any atom is -0.378 e. The molecule has 0 bridgehead atoms. The molecule has 0 fully saturated rings. The topological polar surface area (TPSA) is 33.1 Å². The molecule has 0 unspecified atom stereocenters. The fourth-order valence-corrected chi connectivity index (χ4v) is 2.65. The van der Waals surface area contributed by atoms with Gasteiger partial charge in [-0.3, -0.25) is 0 Å². The van der Waals surface area contributed by atoms with Gasteiger partial charge in [0, 0.05) is 51.0 Å². The van der Waals surface area contributed by atoms with Crippen molar-refractivity contribution in [2.24, 2.45) is 7.05 Å². The van der Waals surface area contributed by atoms with Crippen molar-refractivity contribution in [1.29, 1.82) is 0 Å². The Labute approximate surface area is 125 Å². The Morgan fingerprint density at radius 3 is 2.76 bits per heavy atom. The molecule has 2 heterocycles. The summed E-state index contributed by atoms with van der Waals surface area (Å²) in [6, 6.07) is 12.5. The Morgan fingerprint density at radius 2 is 1.95 bits per heavy atom. The van der Waals surface area contributed by atoms with Gasteiger partial charge in [-0.25, -0.2) is 4.98 Å². The lowest BCUT2D eigenvalue weighted by molar-refractivity contribution is 0.955. The molecule has 1 aromatic carbocycles. The van der Waals surface area contributed by atoms with E-state index in [9.17, 15) is 0 Å². The summed E-state index contributed by atoms with van der Waals surface area (Å²) >= 11 is 0. The van der Waals surface area contributed by atoms with Gasteiger partial charge in [-0.15, -0.1) is 0 Å². The molecule has 0 radical (unpaired) electrons. The molecule has 0 amide bonds. The molecule has 0 saturated heterocycles. The van der Waals surface area contributed by atoms with Crippen molar-refractivity contribution in [1.82, 2.24) is 9.55 Å². The fourth-order valence-electron chi connectivity index (χ4n) is 2.65. The Hall–Kier alpha value is -2.49. The molecular formula is C17H20N4. The van der Waals surface area contributed by atoms with Gasteiger partial charge in [0.2, 0.25) is 0 Å². The maximum absolute atomic E-state index is 4.42. The number of hydrogen-bond acceptors (Lipinski definition) is 3. The Kier molecular flexibility index (Phi) is 3.52. The summed E-state index contributed by atoms with van der Waals surface area (Å²) in [6.07, 6.45) is 4.00. The van der Waals surface area contributed by atoms with Gasteiger partial charge in [0.1, 0.15) is 0 Å². The summed E-state index contributed by atoms with van der Waals surface area (Å²) in [7, 11) is 6.10. The monoisotopic (exact) mass is 280 g/mol. The zero-order chi connectivity index (χ0) is 14.8. The van der Waals surface area contributed by atoms with E-state index in [2.05, 4.69) is 58.4 Å². The van der Waals surface area contributed by atoms with Gasteiger partial charge in [0.25, 0.3) is 0 Å². The van der Waals surface area contributed by atoms with E-state index in [1.165, 1.54) is 16.5 Å². The highest BCUT2D eigenvalue weighted by molar-refractivity contribution is 5.84.